The summed E-state index contributed by atoms with van der Waals surface area (Å²) in [5.74, 6) is -0.370. The minimum absolute atomic E-state index is 0.0227. The van der Waals surface area contributed by atoms with Crippen LogP contribution < -0.4 is 10.6 Å². The lowest BCUT2D eigenvalue weighted by atomic mass is 10.1. The number of carbonyl (C=O) groups excluding carboxylic acids is 1. The zero-order valence-corrected chi connectivity index (χ0v) is 12.8. The molecule has 0 saturated heterocycles. The molecule has 4 nitrogen and oxygen atoms in total. The van der Waals surface area contributed by atoms with E-state index in [1.54, 1.807) is 24.3 Å². The number of aryl methyl sites for hydroxylation is 1. The molecule has 0 radical (unpaired) electrons. The van der Waals surface area contributed by atoms with Gasteiger partial charge in [-0.05, 0) is 58.7 Å². The van der Waals surface area contributed by atoms with Crippen molar-refractivity contribution in [3.8, 4) is 5.75 Å². The lowest BCUT2D eigenvalue weighted by Gasteiger charge is -2.10. The van der Waals surface area contributed by atoms with Gasteiger partial charge >= 0.3 is 0 Å². The summed E-state index contributed by atoms with van der Waals surface area (Å²) in [4.78, 5) is 12.1. The van der Waals surface area contributed by atoms with Gasteiger partial charge < -0.3 is 15.7 Å². The molecule has 2 aromatic carbocycles. The van der Waals surface area contributed by atoms with Gasteiger partial charge in [-0.15, -0.1) is 0 Å². The number of nitrogens with one attached hydrogen (secondary N) is 2. The molecule has 2 rings (SSSR count). The van der Waals surface area contributed by atoms with Gasteiger partial charge in [-0.2, -0.15) is 0 Å². The van der Waals surface area contributed by atoms with Crippen LogP contribution in [0.5, 0.6) is 5.75 Å². The molecule has 3 N–H and O–H groups in total. The lowest BCUT2D eigenvalue weighted by molar-refractivity contribution is 0.102. The monoisotopic (exact) mass is 334 g/mol. The first-order valence-electron chi connectivity index (χ1n) is 6.09. The molecular weight excluding hydrogens is 320 g/mol. The summed E-state index contributed by atoms with van der Waals surface area (Å²) < 4.78 is 0.768. The first-order chi connectivity index (χ1) is 9.51. The van der Waals surface area contributed by atoms with Crippen molar-refractivity contribution in [3.63, 3.8) is 0 Å². The average molecular weight is 335 g/mol. The van der Waals surface area contributed by atoms with Gasteiger partial charge in [0, 0.05) is 17.2 Å². The van der Waals surface area contributed by atoms with Crippen LogP contribution in [0.1, 0.15) is 15.9 Å². The van der Waals surface area contributed by atoms with Crippen molar-refractivity contribution in [2.45, 2.75) is 6.92 Å². The van der Waals surface area contributed by atoms with Crippen molar-refractivity contribution >= 4 is 33.2 Å². The highest BCUT2D eigenvalue weighted by Gasteiger charge is 2.12. The second-order valence-corrected chi connectivity index (χ2v) is 5.27. The van der Waals surface area contributed by atoms with Gasteiger partial charge in [0.1, 0.15) is 5.75 Å². The minimum atomic E-state index is -0.347. The number of carbonyl (C=O) groups is 1. The number of rotatable bonds is 3. The van der Waals surface area contributed by atoms with Crippen LogP contribution >= 0.6 is 15.9 Å². The Kier molecular flexibility index (Phi) is 4.29. The molecule has 0 heterocycles. The Morgan fingerprint density at radius 3 is 2.55 bits per heavy atom. The van der Waals surface area contributed by atoms with Crippen molar-refractivity contribution in [2.24, 2.45) is 0 Å². The molecule has 104 valence electrons. The normalized spacial score (nSPS) is 10.2. The Morgan fingerprint density at radius 2 is 1.95 bits per heavy atom. The highest BCUT2D eigenvalue weighted by molar-refractivity contribution is 9.10. The zero-order valence-electron chi connectivity index (χ0n) is 11.2. The molecule has 0 aliphatic rings. The molecule has 0 unspecified atom stereocenters. The Morgan fingerprint density at radius 1 is 1.20 bits per heavy atom. The topological polar surface area (TPSA) is 61.4 Å². The van der Waals surface area contributed by atoms with E-state index in [4.69, 9.17) is 0 Å². The largest absolute Gasteiger partial charge is 0.507 e. The number of halogens is 1. The van der Waals surface area contributed by atoms with E-state index in [1.165, 1.54) is 0 Å². The number of hydrogen-bond donors (Lipinski definition) is 3. The molecule has 0 aromatic heterocycles. The smallest absolute Gasteiger partial charge is 0.259 e. The third-order valence-electron chi connectivity index (χ3n) is 2.90. The number of phenols is 1. The molecule has 1 amide bonds. The summed E-state index contributed by atoms with van der Waals surface area (Å²) in [6.45, 7) is 1.86. The molecule has 5 heteroatoms. The highest BCUT2D eigenvalue weighted by Crippen LogP contribution is 2.27. The van der Waals surface area contributed by atoms with Crippen LogP contribution in [0.15, 0.2) is 40.9 Å². The summed E-state index contributed by atoms with van der Waals surface area (Å²) >= 11 is 3.40. The summed E-state index contributed by atoms with van der Waals surface area (Å²) in [7, 11) is 1.82. The van der Waals surface area contributed by atoms with E-state index in [0.717, 1.165) is 15.7 Å². The summed E-state index contributed by atoms with van der Waals surface area (Å²) in [5.41, 5.74) is 2.74. The number of hydrogen-bond acceptors (Lipinski definition) is 3. The van der Waals surface area contributed by atoms with Crippen LogP contribution in [-0.2, 0) is 0 Å². The van der Waals surface area contributed by atoms with Gasteiger partial charge in [-0.1, -0.05) is 6.07 Å². The summed E-state index contributed by atoms with van der Waals surface area (Å²) in [6.07, 6.45) is 0. The van der Waals surface area contributed by atoms with E-state index in [-0.39, 0.29) is 17.2 Å². The second kappa shape index (κ2) is 5.96. The Hall–Kier alpha value is -2.01. The third kappa shape index (κ3) is 3.11. The SMILES string of the molecule is CNc1ccc(NC(=O)c2ccc(C)cc2O)c(Br)c1. The van der Waals surface area contributed by atoms with Gasteiger partial charge in [-0.3, -0.25) is 4.79 Å². The Labute approximate surface area is 126 Å². The van der Waals surface area contributed by atoms with Crippen LogP contribution in [0.2, 0.25) is 0 Å². The minimum Gasteiger partial charge on any atom is -0.507 e. The number of benzene rings is 2. The van der Waals surface area contributed by atoms with Crippen LogP contribution in [0.25, 0.3) is 0 Å². The van der Waals surface area contributed by atoms with Gasteiger partial charge in [0.05, 0.1) is 11.3 Å². The van der Waals surface area contributed by atoms with E-state index in [0.29, 0.717) is 5.69 Å². The molecule has 0 aliphatic heterocycles. The summed E-state index contributed by atoms with van der Waals surface area (Å²) in [5, 5.41) is 15.6. The van der Waals surface area contributed by atoms with Crippen molar-refractivity contribution in [3.05, 3.63) is 52.0 Å². The molecule has 0 aliphatic carbocycles. The van der Waals surface area contributed by atoms with Crippen molar-refractivity contribution in [1.82, 2.24) is 0 Å². The predicted molar refractivity (Wildman–Crippen MR) is 84.5 cm³/mol. The zero-order chi connectivity index (χ0) is 14.7. The van der Waals surface area contributed by atoms with Gasteiger partial charge in [0.2, 0.25) is 0 Å². The molecular formula is C15H15BrN2O2. The van der Waals surface area contributed by atoms with E-state index < -0.39 is 0 Å². The van der Waals surface area contributed by atoms with Crippen molar-refractivity contribution in [2.75, 3.05) is 17.7 Å². The first kappa shape index (κ1) is 14.4. The molecule has 0 bridgehead atoms. The fraction of sp³-hybridized carbons (Fsp3) is 0.133. The molecule has 0 spiro atoms. The Balaban J connectivity index is 2.23. The highest BCUT2D eigenvalue weighted by atomic mass is 79.9. The van der Waals surface area contributed by atoms with Gasteiger partial charge in [0.15, 0.2) is 0 Å². The average Bonchev–Trinajstić information content (AvgIpc) is 2.40. The molecule has 20 heavy (non-hydrogen) atoms. The van der Waals surface area contributed by atoms with Crippen LogP contribution in [0.4, 0.5) is 11.4 Å². The van der Waals surface area contributed by atoms with Gasteiger partial charge in [0.25, 0.3) is 5.91 Å². The predicted octanol–water partition coefficient (Wildman–Crippen LogP) is 3.76. The third-order valence-corrected chi connectivity index (χ3v) is 3.56. The van der Waals surface area contributed by atoms with Crippen LogP contribution in [0.3, 0.4) is 0 Å². The standard InChI is InChI=1S/C15H15BrN2O2/c1-9-3-5-11(14(19)7-9)15(20)18-13-6-4-10(17-2)8-12(13)16/h3-8,17,19H,1-2H3,(H,18,20). The van der Waals surface area contributed by atoms with Crippen molar-refractivity contribution in [1.29, 1.82) is 0 Å². The maximum Gasteiger partial charge on any atom is 0.259 e. The van der Waals surface area contributed by atoms with E-state index in [2.05, 4.69) is 26.6 Å². The van der Waals surface area contributed by atoms with E-state index in [1.807, 2.05) is 26.1 Å². The number of phenolic OH excluding ortho intramolecular Hbond substituents is 1. The van der Waals surface area contributed by atoms with E-state index >= 15 is 0 Å². The Bertz CT molecular complexity index is 656. The maximum absolute atomic E-state index is 12.1. The molecule has 0 saturated carbocycles. The maximum atomic E-state index is 12.1. The second-order valence-electron chi connectivity index (χ2n) is 4.42. The molecule has 2 aromatic rings. The quantitative estimate of drug-likeness (QED) is 0.800. The van der Waals surface area contributed by atoms with Crippen LogP contribution in [0, 0.1) is 6.92 Å². The number of amides is 1. The fourth-order valence-electron chi connectivity index (χ4n) is 1.80. The van der Waals surface area contributed by atoms with Crippen LogP contribution in [-0.4, -0.2) is 18.1 Å². The van der Waals surface area contributed by atoms with Gasteiger partial charge in [-0.25, -0.2) is 0 Å². The fourth-order valence-corrected chi connectivity index (χ4v) is 2.27. The molecule has 0 atom stereocenters. The van der Waals surface area contributed by atoms with Crippen molar-refractivity contribution < 1.29 is 9.90 Å². The summed E-state index contributed by atoms with van der Waals surface area (Å²) in [6, 6.07) is 10.5. The number of aromatic hydroxyl groups is 1. The lowest BCUT2D eigenvalue weighted by Crippen LogP contribution is -2.12. The van der Waals surface area contributed by atoms with E-state index in [9.17, 15) is 9.90 Å². The first-order valence-corrected chi connectivity index (χ1v) is 6.89. The number of anilines is 2. The molecule has 0 fully saturated rings.